The van der Waals surface area contributed by atoms with Gasteiger partial charge in [0.05, 0.1) is 5.52 Å². The van der Waals surface area contributed by atoms with Crippen molar-refractivity contribution in [3.63, 3.8) is 0 Å². The van der Waals surface area contributed by atoms with E-state index in [1.807, 2.05) is 35.2 Å². The molecule has 0 spiro atoms. The molecule has 1 N–H and O–H groups in total. The number of H-pyrrole nitrogens is 1. The second kappa shape index (κ2) is 9.11. The molecule has 4 bridgehead atoms. The minimum Gasteiger partial charge on any atom is -0.408 e. The zero-order valence-electron chi connectivity index (χ0n) is 25.5. The Balaban J connectivity index is 1.07. The van der Waals surface area contributed by atoms with Crippen LogP contribution in [0.4, 0.5) is 10.2 Å². The average Bonchev–Trinajstić information content (AvgIpc) is 3.62. The Morgan fingerprint density at radius 1 is 1.00 bits per heavy atom. The minimum atomic E-state index is -1.05. The minimum absolute atomic E-state index is 0.0215. The molecule has 10 heteroatoms. The largest absolute Gasteiger partial charge is 0.417 e. The van der Waals surface area contributed by atoms with Gasteiger partial charge in [0.2, 0.25) is 11.8 Å². The average molecular weight is 600 g/mol. The lowest BCUT2D eigenvalue weighted by Gasteiger charge is -2.66. The Morgan fingerprint density at radius 3 is 2.36 bits per heavy atom. The zero-order chi connectivity index (χ0) is 30.5. The van der Waals surface area contributed by atoms with Crippen molar-refractivity contribution in [2.45, 2.75) is 101 Å². The lowest BCUT2D eigenvalue weighted by Crippen LogP contribution is -2.65. The van der Waals surface area contributed by atoms with E-state index >= 15 is 0 Å². The predicted octanol–water partition coefficient (Wildman–Crippen LogP) is 6.77. The number of aromatic nitrogens is 4. The van der Waals surface area contributed by atoms with Gasteiger partial charge in [-0.1, -0.05) is 32.0 Å². The van der Waals surface area contributed by atoms with E-state index in [1.54, 1.807) is 6.20 Å². The molecular formula is C34H38FN5O4. The molecule has 6 saturated carbocycles. The van der Waals surface area contributed by atoms with E-state index in [2.05, 4.69) is 30.9 Å². The summed E-state index contributed by atoms with van der Waals surface area (Å²) in [5.41, 5.74) is 1.31. The third-order valence-electron chi connectivity index (χ3n) is 11.1. The van der Waals surface area contributed by atoms with Crippen LogP contribution in [0.25, 0.3) is 22.2 Å². The number of alkyl halides is 1. The fourth-order valence-electron chi connectivity index (χ4n) is 8.55. The second-order valence-corrected chi connectivity index (χ2v) is 15.4. The molecule has 6 fully saturated rings. The summed E-state index contributed by atoms with van der Waals surface area (Å²) in [6, 6.07) is 9.41. The third-order valence-corrected chi connectivity index (χ3v) is 11.1. The lowest BCUT2D eigenvalue weighted by molar-refractivity contribution is -0.215. The fourth-order valence-corrected chi connectivity index (χ4v) is 8.55. The van der Waals surface area contributed by atoms with Gasteiger partial charge in [-0.05, 0) is 104 Å². The SMILES string of the molecule is CC(C)(C)c1nc(C23CCC(CN(C(=O)CC45CC(F)(C4)C5)c4cc(-c5ccc6[nH]c(=O)oc6c5)ccn4)(CC2)CC3)no1. The highest BCUT2D eigenvalue weighted by Crippen LogP contribution is 2.71. The lowest BCUT2D eigenvalue weighted by atomic mass is 9.41. The number of anilines is 1. The Bertz CT molecular complexity index is 1800. The van der Waals surface area contributed by atoms with Crippen LogP contribution < -0.4 is 10.7 Å². The van der Waals surface area contributed by atoms with Crippen molar-refractivity contribution >= 4 is 22.8 Å². The Kier molecular flexibility index (Phi) is 5.74. The molecule has 10 rings (SSSR count). The quantitative estimate of drug-likeness (QED) is 0.249. The Hall–Kier alpha value is -3.82. The number of pyridine rings is 1. The Labute approximate surface area is 254 Å². The van der Waals surface area contributed by atoms with Crippen molar-refractivity contribution in [1.29, 1.82) is 0 Å². The van der Waals surface area contributed by atoms with Gasteiger partial charge in [-0.2, -0.15) is 4.98 Å². The number of oxazole rings is 1. The molecule has 0 radical (unpaired) electrons. The summed E-state index contributed by atoms with van der Waals surface area (Å²) in [4.78, 5) is 39.9. The first kappa shape index (κ1) is 27.7. The van der Waals surface area contributed by atoms with Crippen molar-refractivity contribution in [1.82, 2.24) is 20.1 Å². The molecule has 6 aliphatic carbocycles. The zero-order valence-corrected chi connectivity index (χ0v) is 25.5. The number of nitrogens with one attached hydrogen (secondary N) is 1. The molecule has 230 valence electrons. The first-order chi connectivity index (χ1) is 20.9. The van der Waals surface area contributed by atoms with E-state index in [0.717, 1.165) is 55.5 Å². The second-order valence-electron chi connectivity index (χ2n) is 15.4. The molecular weight excluding hydrogens is 561 g/mol. The number of hydrogen-bond acceptors (Lipinski definition) is 7. The van der Waals surface area contributed by atoms with E-state index in [0.29, 0.717) is 55.0 Å². The number of fused-ring (bicyclic) bond motifs is 4. The molecule has 3 heterocycles. The van der Waals surface area contributed by atoms with Gasteiger partial charge in [0.1, 0.15) is 11.5 Å². The van der Waals surface area contributed by atoms with Crippen LogP contribution in [-0.2, 0) is 15.6 Å². The summed E-state index contributed by atoms with van der Waals surface area (Å²) in [5.74, 6) is 1.64. The summed E-state index contributed by atoms with van der Waals surface area (Å²) >= 11 is 0. The number of benzene rings is 1. The van der Waals surface area contributed by atoms with Crippen LogP contribution >= 0.6 is 0 Å². The van der Waals surface area contributed by atoms with Gasteiger partial charge >= 0.3 is 5.76 Å². The van der Waals surface area contributed by atoms with Crippen LogP contribution in [-0.4, -0.2) is 38.2 Å². The number of aromatic amines is 1. The van der Waals surface area contributed by atoms with Gasteiger partial charge in [0, 0.05) is 30.0 Å². The van der Waals surface area contributed by atoms with Crippen LogP contribution in [0.3, 0.4) is 0 Å². The number of rotatable bonds is 7. The van der Waals surface area contributed by atoms with Gasteiger partial charge in [-0.25, -0.2) is 14.2 Å². The number of nitrogens with zero attached hydrogens (tertiary/aromatic N) is 4. The molecule has 0 aliphatic heterocycles. The number of hydrogen-bond donors (Lipinski definition) is 1. The monoisotopic (exact) mass is 599 g/mol. The van der Waals surface area contributed by atoms with Crippen molar-refractivity contribution in [3.8, 4) is 11.1 Å². The number of carbonyl (C=O) groups excluding carboxylic acids is 1. The van der Waals surface area contributed by atoms with Crippen LogP contribution in [0.5, 0.6) is 0 Å². The number of amides is 1. The van der Waals surface area contributed by atoms with Gasteiger partial charge in [-0.3, -0.25) is 14.7 Å². The van der Waals surface area contributed by atoms with Crippen molar-refractivity contribution in [3.05, 3.63) is 58.8 Å². The van der Waals surface area contributed by atoms with Gasteiger partial charge in [0.25, 0.3) is 0 Å². The molecule has 1 aromatic carbocycles. The van der Waals surface area contributed by atoms with Crippen LogP contribution in [0.1, 0.15) is 96.7 Å². The first-order valence-corrected chi connectivity index (χ1v) is 15.8. The molecule has 0 atom stereocenters. The van der Waals surface area contributed by atoms with Crippen LogP contribution in [0, 0.1) is 10.8 Å². The number of halogens is 1. The summed E-state index contributed by atoms with van der Waals surface area (Å²) in [5, 5.41) is 4.44. The van der Waals surface area contributed by atoms with E-state index < -0.39 is 11.4 Å². The van der Waals surface area contributed by atoms with Gasteiger partial charge in [-0.15, -0.1) is 0 Å². The van der Waals surface area contributed by atoms with Crippen LogP contribution in [0.15, 0.2) is 50.3 Å². The summed E-state index contributed by atoms with van der Waals surface area (Å²) in [7, 11) is 0. The van der Waals surface area contributed by atoms with E-state index in [-0.39, 0.29) is 27.6 Å². The molecule has 44 heavy (non-hydrogen) atoms. The fraction of sp³-hybridized carbons (Fsp3) is 0.559. The maximum atomic E-state index is 14.4. The topological polar surface area (TPSA) is 118 Å². The summed E-state index contributed by atoms with van der Waals surface area (Å²) in [6.07, 6.45) is 9.34. The molecule has 0 saturated heterocycles. The molecule has 4 aromatic rings. The third kappa shape index (κ3) is 4.43. The first-order valence-electron chi connectivity index (χ1n) is 15.8. The standard InChI is InChI=1S/C34H38FN5O4/c1-30(2,3)28-38-27(39-44-28)33-10-7-31(8-11-33,9-12-33)20-40(26(41)16-32-17-34(35,18-32)19-32)25-15-22(6-13-36-25)21-4-5-23-24(14-21)43-29(42)37-23/h4-6,13-15H,7-12,16-20H2,1-3H3,(H,37,42). The maximum Gasteiger partial charge on any atom is 0.417 e. The highest BCUT2D eigenvalue weighted by molar-refractivity contribution is 5.94. The molecule has 6 aliphatic rings. The smallest absolute Gasteiger partial charge is 0.408 e. The maximum absolute atomic E-state index is 14.4. The molecule has 9 nitrogen and oxygen atoms in total. The predicted molar refractivity (Wildman–Crippen MR) is 162 cm³/mol. The summed E-state index contributed by atoms with van der Waals surface area (Å²) in [6.45, 7) is 6.83. The van der Waals surface area contributed by atoms with E-state index in [4.69, 9.17) is 18.9 Å². The van der Waals surface area contributed by atoms with E-state index in [9.17, 15) is 14.0 Å². The van der Waals surface area contributed by atoms with Crippen molar-refractivity contribution < 1.29 is 18.1 Å². The highest BCUT2D eigenvalue weighted by atomic mass is 19.1. The normalized spacial score (nSPS) is 30.6. The van der Waals surface area contributed by atoms with Gasteiger partial charge < -0.3 is 8.94 Å². The van der Waals surface area contributed by atoms with Gasteiger partial charge in [0.15, 0.2) is 11.4 Å². The summed E-state index contributed by atoms with van der Waals surface area (Å²) < 4.78 is 25.4. The van der Waals surface area contributed by atoms with E-state index in [1.165, 1.54) is 0 Å². The van der Waals surface area contributed by atoms with Crippen LogP contribution in [0.2, 0.25) is 0 Å². The molecule has 1 amide bonds. The highest BCUT2D eigenvalue weighted by Gasteiger charge is 2.69. The molecule has 0 unspecified atom stereocenters. The Morgan fingerprint density at radius 2 is 1.70 bits per heavy atom. The van der Waals surface area contributed by atoms with Crippen molar-refractivity contribution in [2.75, 3.05) is 11.4 Å². The van der Waals surface area contributed by atoms with Crippen molar-refractivity contribution in [2.24, 2.45) is 10.8 Å². The molecule has 3 aromatic heterocycles. The number of carbonyl (C=O) groups is 1.